The molecule has 2 aromatic rings. The van der Waals surface area contributed by atoms with Gasteiger partial charge in [-0.1, -0.05) is 71.2 Å². The Balaban J connectivity index is 1.40. The van der Waals surface area contributed by atoms with Gasteiger partial charge in [-0.3, -0.25) is 9.59 Å². The molecule has 2 saturated carbocycles. The number of carbonyl (C=O) groups excluding carboxylic acids is 2. The van der Waals surface area contributed by atoms with E-state index in [1.165, 1.54) is 32.1 Å². The average Bonchev–Trinajstić information content (AvgIpc) is 3.62. The minimum atomic E-state index is -0.532. The Kier molecular flexibility index (Phi) is 10.1. The van der Waals surface area contributed by atoms with Crippen molar-refractivity contribution in [2.45, 2.75) is 123 Å². The SMILES string of the molecule is CC(C)CC[C@H](c1ccc(C(=O)NCc2nn[nH]n2)cc1)N1C(=O)C(NCC2CCCCC2)=NC12CCC(C(C)(C)C)CC2. The van der Waals surface area contributed by atoms with Crippen LogP contribution in [0.25, 0.3) is 0 Å². The van der Waals surface area contributed by atoms with E-state index in [-0.39, 0.29) is 29.8 Å². The summed E-state index contributed by atoms with van der Waals surface area (Å²) in [5.41, 5.74) is 1.31. The molecule has 240 valence electrons. The quantitative estimate of drug-likeness (QED) is 0.307. The summed E-state index contributed by atoms with van der Waals surface area (Å²) < 4.78 is 0. The van der Waals surface area contributed by atoms with Crippen molar-refractivity contribution in [2.75, 3.05) is 6.54 Å². The number of nitrogens with zero attached hydrogens (tertiary/aromatic N) is 5. The number of benzene rings is 1. The highest BCUT2D eigenvalue weighted by Crippen LogP contribution is 2.49. The molecular weight excluding hydrogens is 552 g/mol. The predicted molar refractivity (Wildman–Crippen MR) is 172 cm³/mol. The van der Waals surface area contributed by atoms with Crippen LogP contribution in [0.1, 0.15) is 133 Å². The first kappa shape index (κ1) is 32.1. The number of carbonyl (C=O) groups is 2. The standard InChI is InChI=1S/C34H52N8O2/c1-23(2)11-16-28(25-12-14-26(15-13-25)31(43)36-22-29-38-40-41-39-29)42-32(44)30(35-21-24-9-7-6-8-10-24)37-34(42)19-17-27(18-20-34)33(3,4)5/h12-15,23-24,27-28H,6-11,16-22H2,1-5H3,(H,35,37)(H,36,43)(H,38,39,40,41)/t27?,28-,34?/m1/s1. The summed E-state index contributed by atoms with van der Waals surface area (Å²) in [5.74, 6) is 2.53. The zero-order valence-corrected chi connectivity index (χ0v) is 27.4. The summed E-state index contributed by atoms with van der Waals surface area (Å²) in [7, 11) is 0. The highest BCUT2D eigenvalue weighted by Gasteiger charge is 2.52. The smallest absolute Gasteiger partial charge is 0.291 e. The van der Waals surface area contributed by atoms with E-state index in [4.69, 9.17) is 4.99 Å². The number of aliphatic imine (C=N–C) groups is 1. The zero-order valence-electron chi connectivity index (χ0n) is 27.4. The van der Waals surface area contributed by atoms with E-state index in [0.717, 1.165) is 50.6 Å². The Morgan fingerprint density at radius 1 is 1.05 bits per heavy atom. The minimum Gasteiger partial charge on any atom is -0.365 e. The van der Waals surface area contributed by atoms with Gasteiger partial charge in [-0.15, -0.1) is 10.2 Å². The number of aromatic amines is 1. The lowest BCUT2D eigenvalue weighted by atomic mass is 9.69. The predicted octanol–water partition coefficient (Wildman–Crippen LogP) is 5.95. The molecule has 10 heteroatoms. The fraction of sp³-hybridized carbons (Fsp3) is 0.706. The summed E-state index contributed by atoms with van der Waals surface area (Å²) in [6, 6.07) is 7.63. The molecule has 1 spiro atoms. The molecule has 2 fully saturated rings. The molecule has 3 N–H and O–H groups in total. The molecule has 1 aliphatic heterocycles. The zero-order chi connectivity index (χ0) is 31.3. The van der Waals surface area contributed by atoms with Crippen molar-refractivity contribution in [3.05, 3.63) is 41.2 Å². The first-order chi connectivity index (χ1) is 21.1. The van der Waals surface area contributed by atoms with Crippen LogP contribution in [-0.4, -0.2) is 55.4 Å². The molecule has 2 heterocycles. The molecule has 10 nitrogen and oxygen atoms in total. The van der Waals surface area contributed by atoms with Gasteiger partial charge in [-0.25, -0.2) is 4.99 Å². The fourth-order valence-corrected chi connectivity index (χ4v) is 7.40. The van der Waals surface area contributed by atoms with Crippen LogP contribution in [0.15, 0.2) is 29.3 Å². The third-order valence-corrected chi connectivity index (χ3v) is 10.2. The Morgan fingerprint density at radius 2 is 1.75 bits per heavy atom. The Morgan fingerprint density at radius 3 is 2.36 bits per heavy atom. The number of rotatable bonds is 10. The second-order valence-electron chi connectivity index (χ2n) is 14.8. The molecule has 2 aliphatic carbocycles. The van der Waals surface area contributed by atoms with Crippen molar-refractivity contribution in [3.8, 4) is 0 Å². The van der Waals surface area contributed by atoms with Crippen molar-refractivity contribution >= 4 is 17.6 Å². The van der Waals surface area contributed by atoms with Crippen LogP contribution in [-0.2, 0) is 11.3 Å². The summed E-state index contributed by atoms with van der Waals surface area (Å²) in [5, 5.41) is 20.1. The lowest BCUT2D eigenvalue weighted by Crippen LogP contribution is -2.52. The second kappa shape index (κ2) is 13.8. The maximum absolute atomic E-state index is 14.4. The molecule has 44 heavy (non-hydrogen) atoms. The fourth-order valence-electron chi connectivity index (χ4n) is 7.40. The third-order valence-electron chi connectivity index (χ3n) is 10.2. The first-order valence-corrected chi connectivity index (χ1v) is 16.8. The van der Waals surface area contributed by atoms with Gasteiger partial charge in [0.05, 0.1) is 12.6 Å². The van der Waals surface area contributed by atoms with E-state index in [1.54, 1.807) is 0 Å². The van der Waals surface area contributed by atoms with Crippen molar-refractivity contribution in [1.82, 2.24) is 36.2 Å². The Bertz CT molecular complexity index is 1270. The number of aromatic nitrogens is 4. The molecule has 1 aromatic heterocycles. The molecule has 0 radical (unpaired) electrons. The second-order valence-corrected chi connectivity index (χ2v) is 14.8. The normalized spacial score (nSPS) is 23.7. The maximum Gasteiger partial charge on any atom is 0.291 e. The molecule has 0 saturated heterocycles. The van der Waals surface area contributed by atoms with E-state index in [9.17, 15) is 9.59 Å². The van der Waals surface area contributed by atoms with E-state index < -0.39 is 5.66 Å². The van der Waals surface area contributed by atoms with E-state index in [1.807, 2.05) is 24.3 Å². The minimum absolute atomic E-state index is 0.0331. The first-order valence-electron chi connectivity index (χ1n) is 16.8. The van der Waals surface area contributed by atoms with Crippen molar-refractivity contribution in [3.63, 3.8) is 0 Å². The Labute approximate surface area is 262 Å². The molecule has 0 bridgehead atoms. The van der Waals surface area contributed by atoms with Gasteiger partial charge in [-0.05, 0) is 92.2 Å². The summed E-state index contributed by atoms with van der Waals surface area (Å²) in [6.07, 6.45) is 12.0. The van der Waals surface area contributed by atoms with Crippen molar-refractivity contribution < 1.29 is 9.59 Å². The van der Waals surface area contributed by atoms with Gasteiger partial charge in [0.1, 0.15) is 5.66 Å². The molecule has 0 unspecified atom stereocenters. The molecular formula is C34H52N8O2. The lowest BCUT2D eigenvalue weighted by molar-refractivity contribution is -0.134. The summed E-state index contributed by atoms with van der Waals surface area (Å²) in [4.78, 5) is 34.7. The van der Waals surface area contributed by atoms with Crippen LogP contribution in [0.4, 0.5) is 0 Å². The highest BCUT2D eigenvalue weighted by molar-refractivity contribution is 6.39. The number of amidine groups is 1. The number of amides is 2. The topological polar surface area (TPSA) is 128 Å². The molecule has 1 aromatic carbocycles. The van der Waals surface area contributed by atoms with Crippen LogP contribution in [0.5, 0.6) is 0 Å². The number of hydrogen-bond acceptors (Lipinski definition) is 7. The van der Waals surface area contributed by atoms with Crippen LogP contribution < -0.4 is 10.6 Å². The van der Waals surface area contributed by atoms with Gasteiger partial charge in [0.15, 0.2) is 11.7 Å². The summed E-state index contributed by atoms with van der Waals surface area (Å²) in [6.45, 7) is 12.5. The number of hydrogen-bond donors (Lipinski definition) is 3. The molecule has 2 amide bonds. The highest BCUT2D eigenvalue weighted by atomic mass is 16.2. The van der Waals surface area contributed by atoms with Crippen molar-refractivity contribution in [1.29, 1.82) is 0 Å². The molecule has 5 rings (SSSR count). The van der Waals surface area contributed by atoms with Crippen molar-refractivity contribution in [2.24, 2.45) is 28.2 Å². The van der Waals surface area contributed by atoms with Gasteiger partial charge in [-0.2, -0.15) is 5.21 Å². The maximum atomic E-state index is 14.4. The number of nitrogens with one attached hydrogen (secondary N) is 3. The van der Waals surface area contributed by atoms with Gasteiger partial charge >= 0.3 is 0 Å². The summed E-state index contributed by atoms with van der Waals surface area (Å²) >= 11 is 0. The number of H-pyrrole nitrogens is 1. The average molecular weight is 605 g/mol. The number of tetrazole rings is 1. The van der Waals surface area contributed by atoms with Crippen LogP contribution in [0.3, 0.4) is 0 Å². The van der Waals surface area contributed by atoms with Crippen LogP contribution in [0, 0.1) is 23.2 Å². The monoisotopic (exact) mass is 604 g/mol. The lowest BCUT2D eigenvalue weighted by Gasteiger charge is -2.47. The van der Waals surface area contributed by atoms with E-state index in [2.05, 4.69) is 70.8 Å². The van der Waals surface area contributed by atoms with E-state index in [0.29, 0.717) is 35.0 Å². The van der Waals surface area contributed by atoms with Crippen LogP contribution >= 0.6 is 0 Å². The van der Waals surface area contributed by atoms with Gasteiger partial charge in [0, 0.05) is 12.1 Å². The molecule has 3 aliphatic rings. The van der Waals surface area contributed by atoms with Gasteiger partial charge < -0.3 is 15.5 Å². The van der Waals surface area contributed by atoms with Gasteiger partial charge in [0.2, 0.25) is 0 Å². The Hall–Kier alpha value is -3.30. The molecule has 1 atom stereocenters. The van der Waals surface area contributed by atoms with E-state index >= 15 is 0 Å². The largest absolute Gasteiger partial charge is 0.365 e. The van der Waals surface area contributed by atoms with Gasteiger partial charge in [0.25, 0.3) is 11.8 Å². The third kappa shape index (κ3) is 7.49. The van der Waals surface area contributed by atoms with Crippen LogP contribution in [0.2, 0.25) is 0 Å².